The van der Waals surface area contributed by atoms with E-state index < -0.39 is 15.8 Å². The van der Waals surface area contributed by atoms with Crippen molar-refractivity contribution in [3.05, 3.63) is 36.5 Å². The number of benzene rings is 1. The number of sulfonamides is 1. The highest BCUT2D eigenvalue weighted by Crippen LogP contribution is 2.37. The van der Waals surface area contributed by atoms with E-state index in [2.05, 4.69) is 4.98 Å². The Morgan fingerprint density at radius 2 is 2.22 bits per heavy atom. The Balaban J connectivity index is 2.04. The number of para-hydroxylation sites is 1. The first-order chi connectivity index (χ1) is 10.9. The average Bonchev–Trinajstić information content (AvgIpc) is 3.04. The Labute approximate surface area is 134 Å². The van der Waals surface area contributed by atoms with Crippen LogP contribution in [0.25, 0.3) is 0 Å². The number of hydrogen-bond acceptors (Lipinski definition) is 4. The molecule has 23 heavy (non-hydrogen) atoms. The summed E-state index contributed by atoms with van der Waals surface area (Å²) in [5, 5.41) is -0.0890. The molecular formula is C15H18FN3O3S. The number of halogens is 1. The van der Waals surface area contributed by atoms with Gasteiger partial charge in [0.1, 0.15) is 18.0 Å². The van der Waals surface area contributed by atoms with Crippen molar-refractivity contribution in [1.82, 2.24) is 9.55 Å². The maximum Gasteiger partial charge on any atom is 0.283 e. The standard InChI is InChI=1S/C15H18FN3O3S/c1-3-11(2)18-9-14(17-10-18)23(20,21)19-7-8-22-13-6-4-5-12(16)15(13)19/h4-6,9-11H,3,7-8H2,1-2H3/t11-/m1/s1. The molecule has 1 aliphatic heterocycles. The average molecular weight is 339 g/mol. The molecule has 1 aromatic heterocycles. The smallest absolute Gasteiger partial charge is 0.283 e. The van der Waals surface area contributed by atoms with Gasteiger partial charge in [0, 0.05) is 12.2 Å². The molecule has 6 nitrogen and oxygen atoms in total. The maximum absolute atomic E-state index is 14.1. The summed E-state index contributed by atoms with van der Waals surface area (Å²) >= 11 is 0. The minimum absolute atomic E-state index is 0.0481. The first-order valence-corrected chi connectivity index (χ1v) is 8.86. The van der Waals surface area contributed by atoms with Crippen molar-refractivity contribution in [1.29, 1.82) is 0 Å². The largest absolute Gasteiger partial charge is 0.489 e. The zero-order valence-electron chi connectivity index (χ0n) is 12.9. The van der Waals surface area contributed by atoms with Crippen LogP contribution >= 0.6 is 0 Å². The van der Waals surface area contributed by atoms with Gasteiger partial charge in [-0.05, 0) is 25.5 Å². The van der Waals surface area contributed by atoms with E-state index in [4.69, 9.17) is 4.74 Å². The van der Waals surface area contributed by atoms with Gasteiger partial charge < -0.3 is 9.30 Å². The first kappa shape index (κ1) is 15.8. The number of rotatable bonds is 4. The second-order valence-electron chi connectivity index (χ2n) is 5.43. The third-order valence-corrected chi connectivity index (χ3v) is 5.67. The molecule has 0 amide bonds. The summed E-state index contributed by atoms with van der Waals surface area (Å²) in [4.78, 5) is 4.00. The number of nitrogens with zero attached hydrogens (tertiary/aromatic N) is 3. The quantitative estimate of drug-likeness (QED) is 0.859. The molecule has 0 aliphatic carbocycles. The van der Waals surface area contributed by atoms with Crippen molar-refractivity contribution in [2.75, 3.05) is 17.5 Å². The fourth-order valence-corrected chi connectivity index (χ4v) is 3.85. The summed E-state index contributed by atoms with van der Waals surface area (Å²) in [7, 11) is -3.94. The van der Waals surface area contributed by atoms with Crippen LogP contribution in [0, 0.1) is 5.82 Å². The molecule has 0 unspecified atom stereocenters. The molecule has 1 aliphatic rings. The Kier molecular flexibility index (Phi) is 4.01. The summed E-state index contributed by atoms with van der Waals surface area (Å²) in [5.74, 6) is -0.409. The van der Waals surface area contributed by atoms with Gasteiger partial charge in [0.15, 0.2) is 10.8 Å². The predicted molar refractivity (Wildman–Crippen MR) is 83.7 cm³/mol. The van der Waals surface area contributed by atoms with E-state index in [0.29, 0.717) is 0 Å². The van der Waals surface area contributed by atoms with Gasteiger partial charge in [-0.15, -0.1) is 0 Å². The molecule has 8 heteroatoms. The monoisotopic (exact) mass is 339 g/mol. The summed E-state index contributed by atoms with van der Waals surface area (Å²) in [5.41, 5.74) is -0.0585. The molecule has 0 saturated heterocycles. The lowest BCUT2D eigenvalue weighted by molar-refractivity contribution is 0.313. The Morgan fingerprint density at radius 3 is 2.96 bits per heavy atom. The van der Waals surface area contributed by atoms with E-state index in [9.17, 15) is 12.8 Å². The van der Waals surface area contributed by atoms with E-state index in [1.165, 1.54) is 24.7 Å². The predicted octanol–water partition coefficient (Wildman–Crippen LogP) is 2.58. The molecule has 2 aromatic rings. The fraction of sp³-hybridized carbons (Fsp3) is 0.400. The third-order valence-electron chi connectivity index (χ3n) is 3.98. The summed E-state index contributed by atoms with van der Waals surface area (Å²) in [6.07, 6.45) is 3.83. The molecule has 0 fully saturated rings. The number of imidazole rings is 1. The van der Waals surface area contributed by atoms with Gasteiger partial charge in [0.25, 0.3) is 10.0 Å². The van der Waals surface area contributed by atoms with Gasteiger partial charge in [-0.25, -0.2) is 9.37 Å². The highest BCUT2D eigenvalue weighted by Gasteiger charge is 2.34. The van der Waals surface area contributed by atoms with Crippen LogP contribution in [-0.4, -0.2) is 31.1 Å². The summed E-state index contributed by atoms with van der Waals surface area (Å²) in [6, 6.07) is 4.40. The van der Waals surface area contributed by atoms with E-state index >= 15 is 0 Å². The van der Waals surface area contributed by atoms with Gasteiger partial charge in [0.2, 0.25) is 0 Å². The maximum atomic E-state index is 14.1. The topological polar surface area (TPSA) is 64.4 Å². The van der Waals surface area contributed by atoms with Crippen LogP contribution in [0.3, 0.4) is 0 Å². The molecule has 1 atom stereocenters. The number of anilines is 1. The number of ether oxygens (including phenoxy) is 1. The Morgan fingerprint density at radius 1 is 1.43 bits per heavy atom. The van der Waals surface area contributed by atoms with Crippen LogP contribution in [0.15, 0.2) is 35.7 Å². The molecule has 0 saturated carbocycles. The fourth-order valence-electron chi connectivity index (χ4n) is 2.46. The molecule has 0 radical (unpaired) electrons. The van der Waals surface area contributed by atoms with Crippen LogP contribution in [0.2, 0.25) is 0 Å². The molecule has 0 N–H and O–H groups in total. The minimum Gasteiger partial charge on any atom is -0.489 e. The Bertz CT molecular complexity index is 819. The van der Waals surface area contributed by atoms with E-state index in [-0.39, 0.29) is 35.7 Å². The van der Waals surface area contributed by atoms with Gasteiger partial charge in [-0.3, -0.25) is 4.31 Å². The molecule has 124 valence electrons. The Hall–Kier alpha value is -2.09. The lowest BCUT2D eigenvalue weighted by atomic mass is 10.2. The van der Waals surface area contributed by atoms with Crippen molar-refractivity contribution >= 4 is 15.7 Å². The van der Waals surface area contributed by atoms with Crippen LogP contribution in [0.1, 0.15) is 26.3 Å². The second kappa shape index (κ2) is 5.84. The van der Waals surface area contributed by atoms with Gasteiger partial charge in [0.05, 0.1) is 12.9 Å². The molecule has 1 aromatic carbocycles. The summed E-state index contributed by atoms with van der Waals surface area (Å²) < 4.78 is 48.0. The number of aromatic nitrogens is 2. The molecule has 3 rings (SSSR count). The van der Waals surface area contributed by atoms with Crippen LogP contribution in [-0.2, 0) is 10.0 Å². The van der Waals surface area contributed by atoms with Crippen molar-refractivity contribution in [3.63, 3.8) is 0 Å². The highest BCUT2D eigenvalue weighted by molar-refractivity contribution is 7.92. The van der Waals surface area contributed by atoms with Crippen molar-refractivity contribution in [2.24, 2.45) is 0 Å². The molecule has 2 heterocycles. The third kappa shape index (κ3) is 2.67. The van der Waals surface area contributed by atoms with Crippen molar-refractivity contribution in [3.8, 4) is 5.75 Å². The second-order valence-corrected chi connectivity index (χ2v) is 7.24. The van der Waals surface area contributed by atoms with Gasteiger partial charge >= 0.3 is 0 Å². The summed E-state index contributed by atoms with van der Waals surface area (Å²) in [6.45, 7) is 4.20. The van der Waals surface area contributed by atoms with Crippen molar-refractivity contribution < 1.29 is 17.5 Å². The van der Waals surface area contributed by atoms with Crippen LogP contribution in [0.5, 0.6) is 5.75 Å². The molecule has 0 bridgehead atoms. The van der Waals surface area contributed by atoms with Gasteiger partial charge in [-0.2, -0.15) is 8.42 Å². The lowest BCUT2D eigenvalue weighted by Crippen LogP contribution is -2.38. The van der Waals surface area contributed by atoms with E-state index in [1.54, 1.807) is 10.6 Å². The highest BCUT2D eigenvalue weighted by atomic mass is 32.2. The zero-order valence-corrected chi connectivity index (χ0v) is 13.8. The zero-order chi connectivity index (χ0) is 16.6. The lowest BCUT2D eigenvalue weighted by Gasteiger charge is -2.29. The van der Waals surface area contributed by atoms with Crippen molar-refractivity contribution in [2.45, 2.75) is 31.3 Å². The van der Waals surface area contributed by atoms with Crippen LogP contribution in [0.4, 0.5) is 10.1 Å². The minimum atomic E-state index is -3.94. The normalized spacial score (nSPS) is 15.9. The molecular weight excluding hydrogens is 321 g/mol. The molecule has 0 spiro atoms. The first-order valence-electron chi connectivity index (χ1n) is 7.42. The SMILES string of the molecule is CC[C@@H](C)n1cnc(S(=O)(=O)N2CCOc3cccc(F)c32)c1. The number of hydrogen-bond donors (Lipinski definition) is 0. The van der Waals surface area contributed by atoms with Gasteiger partial charge in [-0.1, -0.05) is 13.0 Å². The van der Waals surface area contributed by atoms with E-state index in [0.717, 1.165) is 10.7 Å². The van der Waals surface area contributed by atoms with Crippen LogP contribution < -0.4 is 9.04 Å². The number of fused-ring (bicyclic) bond motifs is 1. The van der Waals surface area contributed by atoms with E-state index in [1.807, 2.05) is 13.8 Å².